The average Bonchev–Trinajstić information content (AvgIpc) is 2.78. The second-order valence-corrected chi connectivity index (χ2v) is 5.48. The van der Waals surface area contributed by atoms with E-state index in [0.29, 0.717) is 19.0 Å². The van der Waals surface area contributed by atoms with E-state index in [2.05, 4.69) is 5.32 Å². The van der Waals surface area contributed by atoms with Gasteiger partial charge in [0, 0.05) is 46.2 Å². The summed E-state index contributed by atoms with van der Waals surface area (Å²) in [6.45, 7) is 4.08. The van der Waals surface area contributed by atoms with E-state index in [1.807, 2.05) is 9.80 Å². The Balaban J connectivity index is 1.82. The first-order valence-corrected chi connectivity index (χ1v) is 7.06. The molecule has 0 aliphatic carbocycles. The molecule has 6 heteroatoms. The average molecular weight is 268 g/mol. The third kappa shape index (κ3) is 3.37. The van der Waals surface area contributed by atoms with Crippen molar-refractivity contribution < 1.29 is 9.59 Å². The van der Waals surface area contributed by atoms with Gasteiger partial charge in [0.05, 0.1) is 0 Å². The fourth-order valence-electron chi connectivity index (χ4n) is 2.72. The van der Waals surface area contributed by atoms with Gasteiger partial charge in [-0.15, -0.1) is 0 Å². The molecule has 6 nitrogen and oxygen atoms in total. The monoisotopic (exact) mass is 268 g/mol. The first-order valence-electron chi connectivity index (χ1n) is 7.06. The van der Waals surface area contributed by atoms with Gasteiger partial charge in [0.25, 0.3) is 0 Å². The Kier molecular flexibility index (Phi) is 4.63. The number of amides is 3. The van der Waals surface area contributed by atoms with Gasteiger partial charge in [-0.05, 0) is 25.9 Å². The van der Waals surface area contributed by atoms with Crippen molar-refractivity contribution in [1.82, 2.24) is 20.0 Å². The molecule has 19 heavy (non-hydrogen) atoms. The molecular weight excluding hydrogens is 244 g/mol. The van der Waals surface area contributed by atoms with E-state index in [4.69, 9.17) is 0 Å². The first kappa shape index (κ1) is 14.1. The Hall–Kier alpha value is -1.30. The maximum atomic E-state index is 12.3. The van der Waals surface area contributed by atoms with E-state index < -0.39 is 0 Å². The lowest BCUT2D eigenvalue weighted by molar-refractivity contribution is -0.128. The molecule has 2 rings (SSSR count). The van der Waals surface area contributed by atoms with E-state index in [-0.39, 0.29) is 11.9 Å². The summed E-state index contributed by atoms with van der Waals surface area (Å²) in [7, 11) is 3.49. The number of nitrogens with one attached hydrogen (secondary N) is 1. The minimum absolute atomic E-state index is 0.0770. The standard InChI is InChI=1S/C13H24N4O2/c1-15(2)12(18)5-8-16-9-10-17(13(16)19)11-3-6-14-7-4-11/h11,14H,3-10H2,1-2H3. The first-order chi connectivity index (χ1) is 9.09. The van der Waals surface area contributed by atoms with E-state index in [9.17, 15) is 9.59 Å². The van der Waals surface area contributed by atoms with Gasteiger partial charge in [-0.25, -0.2) is 4.79 Å². The Morgan fingerprint density at radius 2 is 2.00 bits per heavy atom. The van der Waals surface area contributed by atoms with E-state index >= 15 is 0 Å². The molecule has 2 fully saturated rings. The lowest BCUT2D eigenvalue weighted by Gasteiger charge is -2.31. The number of carbonyl (C=O) groups excluding carboxylic acids is 2. The molecule has 1 N–H and O–H groups in total. The molecule has 0 saturated carbocycles. The molecule has 0 radical (unpaired) electrons. The van der Waals surface area contributed by atoms with Gasteiger partial charge in [-0.3, -0.25) is 4.79 Å². The maximum absolute atomic E-state index is 12.3. The molecule has 2 aliphatic rings. The summed E-state index contributed by atoms with van der Waals surface area (Å²) < 4.78 is 0. The molecule has 0 aromatic heterocycles. The zero-order valence-corrected chi connectivity index (χ0v) is 11.9. The third-order valence-electron chi connectivity index (χ3n) is 3.97. The second kappa shape index (κ2) is 6.23. The van der Waals surface area contributed by atoms with Gasteiger partial charge < -0.3 is 20.0 Å². The Morgan fingerprint density at radius 3 is 2.63 bits per heavy atom. The quantitative estimate of drug-likeness (QED) is 0.778. The van der Waals surface area contributed by atoms with Crippen LogP contribution in [0.4, 0.5) is 4.79 Å². The highest BCUT2D eigenvalue weighted by Gasteiger charge is 2.34. The summed E-state index contributed by atoms with van der Waals surface area (Å²) in [5, 5.41) is 3.32. The van der Waals surface area contributed by atoms with Crippen molar-refractivity contribution in [3.63, 3.8) is 0 Å². The van der Waals surface area contributed by atoms with Crippen LogP contribution in [-0.4, -0.2) is 79.5 Å². The molecule has 108 valence electrons. The SMILES string of the molecule is CN(C)C(=O)CCN1CCN(C2CCNCC2)C1=O. The third-order valence-corrected chi connectivity index (χ3v) is 3.97. The van der Waals surface area contributed by atoms with E-state index in [1.165, 1.54) is 0 Å². The van der Waals surface area contributed by atoms with Crippen LogP contribution < -0.4 is 5.32 Å². The summed E-state index contributed by atoms with van der Waals surface area (Å²) in [5.74, 6) is 0.0770. The van der Waals surface area contributed by atoms with Crippen LogP contribution in [0, 0.1) is 0 Å². The number of rotatable bonds is 4. The van der Waals surface area contributed by atoms with Gasteiger partial charge in [0.2, 0.25) is 5.91 Å². The van der Waals surface area contributed by atoms with Crippen LogP contribution in [0.2, 0.25) is 0 Å². The highest BCUT2D eigenvalue weighted by atomic mass is 16.2. The van der Waals surface area contributed by atoms with Crippen molar-refractivity contribution >= 4 is 11.9 Å². The largest absolute Gasteiger partial charge is 0.349 e. The molecule has 0 aromatic rings. The molecule has 2 aliphatic heterocycles. The fourth-order valence-corrected chi connectivity index (χ4v) is 2.72. The molecule has 2 heterocycles. The number of piperidine rings is 1. The van der Waals surface area contributed by atoms with E-state index in [1.54, 1.807) is 19.0 Å². The lowest BCUT2D eigenvalue weighted by atomic mass is 10.1. The van der Waals surface area contributed by atoms with Crippen LogP contribution in [0.15, 0.2) is 0 Å². The highest BCUT2D eigenvalue weighted by molar-refractivity contribution is 5.79. The van der Waals surface area contributed by atoms with Crippen molar-refractivity contribution in [1.29, 1.82) is 0 Å². The van der Waals surface area contributed by atoms with Crippen LogP contribution >= 0.6 is 0 Å². The Morgan fingerprint density at radius 1 is 1.32 bits per heavy atom. The predicted molar refractivity (Wildman–Crippen MR) is 72.9 cm³/mol. The molecule has 3 amide bonds. The summed E-state index contributed by atoms with van der Waals surface area (Å²) in [6.07, 6.45) is 2.49. The summed E-state index contributed by atoms with van der Waals surface area (Å²) in [6, 6.07) is 0.488. The molecule has 0 aromatic carbocycles. The number of hydrogen-bond donors (Lipinski definition) is 1. The van der Waals surface area contributed by atoms with Crippen molar-refractivity contribution in [3.8, 4) is 0 Å². The van der Waals surface area contributed by atoms with Crippen molar-refractivity contribution in [2.75, 3.05) is 46.8 Å². The number of carbonyl (C=O) groups is 2. The summed E-state index contributed by atoms with van der Waals surface area (Å²) in [5.41, 5.74) is 0. The van der Waals surface area contributed by atoms with Crippen LogP contribution in [0.3, 0.4) is 0 Å². The van der Waals surface area contributed by atoms with Crippen LogP contribution in [0.5, 0.6) is 0 Å². The Labute approximate surface area is 114 Å². The summed E-state index contributed by atoms with van der Waals surface area (Å²) in [4.78, 5) is 29.2. The number of nitrogens with zero attached hydrogens (tertiary/aromatic N) is 3. The van der Waals surface area contributed by atoms with Gasteiger partial charge in [0.1, 0.15) is 0 Å². The molecule has 0 atom stereocenters. The van der Waals surface area contributed by atoms with Crippen LogP contribution in [0.25, 0.3) is 0 Å². The minimum Gasteiger partial charge on any atom is -0.349 e. The van der Waals surface area contributed by atoms with Crippen LogP contribution in [-0.2, 0) is 4.79 Å². The fraction of sp³-hybridized carbons (Fsp3) is 0.846. The van der Waals surface area contributed by atoms with E-state index in [0.717, 1.165) is 39.0 Å². The topological polar surface area (TPSA) is 55.9 Å². The minimum atomic E-state index is 0.0770. The van der Waals surface area contributed by atoms with Crippen molar-refractivity contribution in [3.05, 3.63) is 0 Å². The smallest absolute Gasteiger partial charge is 0.320 e. The molecule has 0 bridgehead atoms. The second-order valence-electron chi connectivity index (χ2n) is 5.48. The zero-order chi connectivity index (χ0) is 13.8. The predicted octanol–water partition coefficient (Wildman–Crippen LogP) is -0.0457. The highest BCUT2D eigenvalue weighted by Crippen LogP contribution is 2.18. The maximum Gasteiger partial charge on any atom is 0.320 e. The van der Waals surface area contributed by atoms with Gasteiger partial charge in [0.15, 0.2) is 0 Å². The van der Waals surface area contributed by atoms with Gasteiger partial charge in [-0.2, -0.15) is 0 Å². The number of urea groups is 1. The van der Waals surface area contributed by atoms with Crippen LogP contribution in [0.1, 0.15) is 19.3 Å². The normalized spacial score (nSPS) is 21.1. The number of hydrogen-bond acceptors (Lipinski definition) is 3. The molecule has 0 unspecified atom stereocenters. The van der Waals surface area contributed by atoms with Gasteiger partial charge >= 0.3 is 6.03 Å². The Bertz CT molecular complexity index is 340. The van der Waals surface area contributed by atoms with Crippen molar-refractivity contribution in [2.45, 2.75) is 25.3 Å². The van der Waals surface area contributed by atoms with Crippen molar-refractivity contribution in [2.24, 2.45) is 0 Å². The zero-order valence-electron chi connectivity index (χ0n) is 11.9. The lowest BCUT2D eigenvalue weighted by Crippen LogP contribution is -2.45. The van der Waals surface area contributed by atoms with Gasteiger partial charge in [-0.1, -0.05) is 0 Å². The molecular formula is C13H24N4O2. The molecule has 2 saturated heterocycles. The molecule has 0 spiro atoms. The summed E-state index contributed by atoms with van der Waals surface area (Å²) >= 11 is 0.